The Bertz CT molecular complexity index is 330. The van der Waals surface area contributed by atoms with E-state index in [0.29, 0.717) is 12.6 Å². The molecule has 1 aromatic heterocycles. The van der Waals surface area contributed by atoms with E-state index in [9.17, 15) is 0 Å². The SMILES string of the molecule is Cc1nn(C)c(C)c1C(C)N(C)CCN. The maximum atomic E-state index is 5.56. The predicted octanol–water partition coefficient (Wildman–Crippen LogP) is 0.988. The van der Waals surface area contributed by atoms with Crippen LogP contribution in [0.1, 0.15) is 29.9 Å². The molecule has 1 aromatic rings. The van der Waals surface area contributed by atoms with Gasteiger partial charge in [0.05, 0.1) is 5.69 Å². The van der Waals surface area contributed by atoms with Crippen LogP contribution in [0.5, 0.6) is 0 Å². The third kappa shape index (κ3) is 2.38. The van der Waals surface area contributed by atoms with E-state index >= 15 is 0 Å². The topological polar surface area (TPSA) is 47.1 Å². The molecule has 0 spiro atoms. The molecule has 15 heavy (non-hydrogen) atoms. The minimum atomic E-state index is 0.377. The number of rotatable bonds is 4. The number of nitrogens with two attached hydrogens (primary N) is 1. The Hall–Kier alpha value is -0.870. The third-order valence-electron chi connectivity index (χ3n) is 3.13. The van der Waals surface area contributed by atoms with Crippen LogP contribution in [0.15, 0.2) is 0 Å². The Morgan fingerprint density at radius 2 is 2.07 bits per heavy atom. The summed E-state index contributed by atoms with van der Waals surface area (Å²) in [6.45, 7) is 7.98. The van der Waals surface area contributed by atoms with Crippen molar-refractivity contribution in [3.8, 4) is 0 Å². The van der Waals surface area contributed by atoms with E-state index in [1.165, 1.54) is 11.3 Å². The Balaban J connectivity index is 2.94. The molecular formula is C11H22N4. The molecule has 0 aliphatic carbocycles. The van der Waals surface area contributed by atoms with Crippen LogP contribution in [-0.2, 0) is 7.05 Å². The van der Waals surface area contributed by atoms with E-state index in [1.54, 1.807) is 0 Å². The fourth-order valence-electron chi connectivity index (χ4n) is 2.01. The molecule has 1 rings (SSSR count). The Labute approximate surface area is 92.1 Å². The zero-order valence-electron chi connectivity index (χ0n) is 10.4. The number of nitrogens with zero attached hydrogens (tertiary/aromatic N) is 3. The van der Waals surface area contributed by atoms with Crippen LogP contribution in [0.25, 0.3) is 0 Å². The van der Waals surface area contributed by atoms with Gasteiger partial charge in [-0.15, -0.1) is 0 Å². The van der Waals surface area contributed by atoms with E-state index in [-0.39, 0.29) is 0 Å². The van der Waals surface area contributed by atoms with E-state index in [2.05, 4.69) is 37.8 Å². The fraction of sp³-hybridized carbons (Fsp3) is 0.727. The van der Waals surface area contributed by atoms with Crippen molar-refractivity contribution in [3.05, 3.63) is 17.0 Å². The molecule has 0 aromatic carbocycles. The van der Waals surface area contributed by atoms with Crippen LogP contribution in [0.3, 0.4) is 0 Å². The summed E-state index contributed by atoms with van der Waals surface area (Å²) in [5.41, 5.74) is 9.25. The predicted molar refractivity (Wildman–Crippen MR) is 62.8 cm³/mol. The van der Waals surface area contributed by atoms with Gasteiger partial charge in [-0.2, -0.15) is 5.10 Å². The number of likely N-dealkylation sites (N-methyl/N-ethyl adjacent to an activating group) is 1. The molecule has 0 bridgehead atoms. The van der Waals surface area contributed by atoms with Crippen LogP contribution < -0.4 is 5.73 Å². The van der Waals surface area contributed by atoms with Crippen molar-refractivity contribution in [1.82, 2.24) is 14.7 Å². The standard InChI is InChI=1S/C11H22N4/c1-8-11(10(3)15(5)13-8)9(2)14(4)7-6-12/h9H,6-7,12H2,1-5H3. The lowest BCUT2D eigenvalue weighted by atomic mass is 10.1. The summed E-state index contributed by atoms with van der Waals surface area (Å²) in [5, 5.41) is 4.43. The van der Waals surface area contributed by atoms with Crippen molar-refractivity contribution in [3.63, 3.8) is 0 Å². The van der Waals surface area contributed by atoms with Crippen LogP contribution in [0.2, 0.25) is 0 Å². The first-order chi connectivity index (χ1) is 6.99. The van der Waals surface area contributed by atoms with Gasteiger partial charge in [0, 0.05) is 37.4 Å². The second-order valence-corrected chi connectivity index (χ2v) is 4.15. The highest BCUT2D eigenvalue weighted by Crippen LogP contribution is 2.24. The molecule has 1 heterocycles. The van der Waals surface area contributed by atoms with Crippen molar-refractivity contribution >= 4 is 0 Å². The Morgan fingerprint density at radius 1 is 1.47 bits per heavy atom. The van der Waals surface area contributed by atoms with Gasteiger partial charge in [-0.1, -0.05) is 0 Å². The first kappa shape index (κ1) is 12.2. The number of aryl methyl sites for hydroxylation is 2. The van der Waals surface area contributed by atoms with Gasteiger partial charge in [-0.25, -0.2) is 0 Å². The van der Waals surface area contributed by atoms with Gasteiger partial charge < -0.3 is 5.73 Å². The highest BCUT2D eigenvalue weighted by Gasteiger charge is 2.19. The third-order valence-corrected chi connectivity index (χ3v) is 3.13. The first-order valence-corrected chi connectivity index (χ1v) is 5.39. The van der Waals surface area contributed by atoms with Gasteiger partial charge in [0.2, 0.25) is 0 Å². The fourth-order valence-corrected chi connectivity index (χ4v) is 2.01. The maximum Gasteiger partial charge on any atom is 0.0644 e. The molecule has 4 nitrogen and oxygen atoms in total. The summed E-state index contributed by atoms with van der Waals surface area (Å²) in [5.74, 6) is 0. The average Bonchev–Trinajstić information content (AvgIpc) is 2.41. The molecule has 4 heteroatoms. The zero-order valence-corrected chi connectivity index (χ0v) is 10.4. The number of hydrogen-bond acceptors (Lipinski definition) is 3. The molecule has 2 N–H and O–H groups in total. The van der Waals surface area contributed by atoms with Gasteiger partial charge in [0.15, 0.2) is 0 Å². The van der Waals surface area contributed by atoms with Crippen molar-refractivity contribution in [2.45, 2.75) is 26.8 Å². The van der Waals surface area contributed by atoms with Crippen molar-refractivity contribution in [1.29, 1.82) is 0 Å². The molecule has 0 saturated heterocycles. The minimum absolute atomic E-state index is 0.377. The average molecular weight is 210 g/mol. The smallest absolute Gasteiger partial charge is 0.0644 e. The summed E-state index contributed by atoms with van der Waals surface area (Å²) in [6, 6.07) is 0.377. The van der Waals surface area contributed by atoms with E-state index in [0.717, 1.165) is 12.2 Å². The maximum absolute atomic E-state index is 5.56. The van der Waals surface area contributed by atoms with Gasteiger partial charge >= 0.3 is 0 Å². The molecule has 1 unspecified atom stereocenters. The van der Waals surface area contributed by atoms with E-state index < -0.39 is 0 Å². The lowest BCUT2D eigenvalue weighted by Gasteiger charge is -2.24. The molecule has 0 saturated carbocycles. The molecule has 86 valence electrons. The Kier molecular flexibility index (Phi) is 3.88. The highest BCUT2D eigenvalue weighted by atomic mass is 15.3. The Morgan fingerprint density at radius 3 is 2.47 bits per heavy atom. The van der Waals surface area contributed by atoms with Gasteiger partial charge in [0.25, 0.3) is 0 Å². The summed E-state index contributed by atoms with van der Waals surface area (Å²) in [6.07, 6.45) is 0. The monoisotopic (exact) mass is 210 g/mol. The van der Waals surface area contributed by atoms with Crippen LogP contribution in [0.4, 0.5) is 0 Å². The van der Waals surface area contributed by atoms with Gasteiger partial charge in [-0.3, -0.25) is 9.58 Å². The van der Waals surface area contributed by atoms with E-state index in [4.69, 9.17) is 5.73 Å². The molecule has 0 radical (unpaired) electrons. The highest BCUT2D eigenvalue weighted by molar-refractivity contribution is 5.27. The summed E-state index contributed by atoms with van der Waals surface area (Å²) >= 11 is 0. The summed E-state index contributed by atoms with van der Waals surface area (Å²) < 4.78 is 1.94. The molecule has 0 fully saturated rings. The van der Waals surface area contributed by atoms with Crippen molar-refractivity contribution in [2.75, 3.05) is 20.1 Å². The summed E-state index contributed by atoms with van der Waals surface area (Å²) in [7, 11) is 4.09. The van der Waals surface area contributed by atoms with Crippen molar-refractivity contribution < 1.29 is 0 Å². The quantitative estimate of drug-likeness (QED) is 0.806. The van der Waals surface area contributed by atoms with Crippen LogP contribution in [-0.4, -0.2) is 34.8 Å². The van der Waals surface area contributed by atoms with Crippen LogP contribution in [0, 0.1) is 13.8 Å². The lowest BCUT2D eigenvalue weighted by molar-refractivity contribution is 0.267. The van der Waals surface area contributed by atoms with Gasteiger partial charge in [0.1, 0.15) is 0 Å². The second-order valence-electron chi connectivity index (χ2n) is 4.15. The molecule has 1 atom stereocenters. The molecule has 0 amide bonds. The normalized spacial score (nSPS) is 13.5. The molecule has 0 aliphatic rings. The van der Waals surface area contributed by atoms with Gasteiger partial charge in [-0.05, 0) is 27.8 Å². The number of aromatic nitrogens is 2. The summed E-state index contributed by atoms with van der Waals surface area (Å²) in [4.78, 5) is 2.26. The first-order valence-electron chi connectivity index (χ1n) is 5.39. The lowest BCUT2D eigenvalue weighted by Crippen LogP contribution is -2.28. The second kappa shape index (κ2) is 4.77. The largest absolute Gasteiger partial charge is 0.329 e. The number of hydrogen-bond donors (Lipinski definition) is 1. The zero-order chi connectivity index (χ0) is 11.6. The molecular weight excluding hydrogens is 188 g/mol. The minimum Gasteiger partial charge on any atom is -0.329 e. The molecule has 0 aliphatic heterocycles. The van der Waals surface area contributed by atoms with E-state index in [1.807, 2.05) is 11.7 Å². The van der Waals surface area contributed by atoms with Crippen molar-refractivity contribution in [2.24, 2.45) is 12.8 Å². The van der Waals surface area contributed by atoms with Crippen LogP contribution >= 0.6 is 0 Å².